The molecular weight excluding hydrogens is 358 g/mol. The first kappa shape index (κ1) is 18.1. The highest BCUT2D eigenvalue weighted by molar-refractivity contribution is 6.30. The van der Waals surface area contributed by atoms with Gasteiger partial charge >= 0.3 is 0 Å². The van der Waals surface area contributed by atoms with Gasteiger partial charge in [0.2, 0.25) is 0 Å². The van der Waals surface area contributed by atoms with Crippen molar-refractivity contribution < 1.29 is 0 Å². The number of nitrogens with one attached hydrogen (secondary N) is 3. The van der Waals surface area contributed by atoms with E-state index in [0.29, 0.717) is 12.1 Å². The largest absolute Gasteiger partial charge is 0.382 e. The molecule has 0 unspecified atom stereocenters. The smallest absolute Gasteiger partial charge is 0.255 e. The molecule has 3 aromatic rings. The Labute approximate surface area is 164 Å². The van der Waals surface area contributed by atoms with Crippen molar-refractivity contribution in [2.24, 2.45) is 0 Å². The van der Waals surface area contributed by atoms with Crippen molar-refractivity contribution in [3.63, 3.8) is 0 Å². The Balaban J connectivity index is 1.29. The summed E-state index contributed by atoms with van der Waals surface area (Å²) in [5.74, 6) is 0. The maximum absolute atomic E-state index is 11.8. The van der Waals surface area contributed by atoms with E-state index >= 15 is 0 Å². The second-order valence-corrected chi connectivity index (χ2v) is 7.75. The van der Waals surface area contributed by atoms with E-state index in [2.05, 4.69) is 33.8 Å². The quantitative estimate of drug-likeness (QED) is 0.600. The molecule has 1 saturated carbocycles. The highest BCUT2D eigenvalue weighted by atomic mass is 35.5. The number of hydrogen-bond donors (Lipinski definition) is 3. The SMILES string of the molecule is O=c1[nH]ccc2cc(NC3CCC(NCc4ccc(Cl)cc4)CC3)ccc12. The van der Waals surface area contributed by atoms with Gasteiger partial charge in [-0.1, -0.05) is 23.7 Å². The second kappa shape index (κ2) is 8.15. The number of hydrogen-bond acceptors (Lipinski definition) is 3. The van der Waals surface area contributed by atoms with E-state index in [9.17, 15) is 4.79 Å². The van der Waals surface area contributed by atoms with E-state index in [1.165, 1.54) is 18.4 Å². The maximum atomic E-state index is 11.8. The Morgan fingerprint density at radius 1 is 0.963 bits per heavy atom. The molecule has 2 aromatic carbocycles. The minimum Gasteiger partial charge on any atom is -0.382 e. The Morgan fingerprint density at radius 3 is 2.48 bits per heavy atom. The molecule has 1 aliphatic rings. The monoisotopic (exact) mass is 381 g/mol. The van der Waals surface area contributed by atoms with Crippen LogP contribution >= 0.6 is 11.6 Å². The number of H-pyrrole nitrogens is 1. The summed E-state index contributed by atoms with van der Waals surface area (Å²) in [6, 6.07) is 17.0. The first-order valence-corrected chi connectivity index (χ1v) is 9.91. The van der Waals surface area contributed by atoms with Crippen LogP contribution < -0.4 is 16.2 Å². The Kier molecular flexibility index (Phi) is 5.46. The minimum atomic E-state index is -0.0358. The van der Waals surface area contributed by atoms with E-state index in [-0.39, 0.29) is 5.56 Å². The third kappa shape index (κ3) is 4.52. The normalized spacial score (nSPS) is 19.9. The van der Waals surface area contributed by atoms with Crippen molar-refractivity contribution in [3.05, 3.63) is 75.7 Å². The molecular formula is C22H24ClN3O. The fraction of sp³-hybridized carbons (Fsp3) is 0.318. The zero-order chi connectivity index (χ0) is 18.6. The van der Waals surface area contributed by atoms with Crippen molar-refractivity contribution in [2.75, 3.05) is 5.32 Å². The van der Waals surface area contributed by atoms with Crippen molar-refractivity contribution in [3.8, 4) is 0 Å². The molecule has 1 aliphatic carbocycles. The summed E-state index contributed by atoms with van der Waals surface area (Å²) in [6.07, 6.45) is 6.32. The van der Waals surface area contributed by atoms with E-state index < -0.39 is 0 Å². The average Bonchev–Trinajstić information content (AvgIpc) is 2.69. The third-order valence-corrected chi connectivity index (χ3v) is 5.63. The molecule has 0 saturated heterocycles. The van der Waals surface area contributed by atoms with Crippen molar-refractivity contribution in [1.82, 2.24) is 10.3 Å². The van der Waals surface area contributed by atoms with Crippen LogP contribution in [0.2, 0.25) is 5.02 Å². The Morgan fingerprint density at radius 2 is 1.70 bits per heavy atom. The van der Waals surface area contributed by atoms with Gasteiger partial charge < -0.3 is 15.6 Å². The number of anilines is 1. The lowest BCUT2D eigenvalue weighted by Gasteiger charge is -2.30. The van der Waals surface area contributed by atoms with Crippen LogP contribution in [0.25, 0.3) is 10.8 Å². The topological polar surface area (TPSA) is 56.9 Å². The average molecular weight is 382 g/mol. The fourth-order valence-corrected chi connectivity index (χ4v) is 3.95. The minimum absolute atomic E-state index is 0.0358. The summed E-state index contributed by atoms with van der Waals surface area (Å²) >= 11 is 5.94. The van der Waals surface area contributed by atoms with Gasteiger partial charge in [0.1, 0.15) is 0 Å². The van der Waals surface area contributed by atoms with Crippen LogP contribution in [0.4, 0.5) is 5.69 Å². The van der Waals surface area contributed by atoms with Crippen LogP contribution in [0.3, 0.4) is 0 Å². The maximum Gasteiger partial charge on any atom is 0.255 e. The summed E-state index contributed by atoms with van der Waals surface area (Å²) < 4.78 is 0. The molecule has 0 atom stereocenters. The summed E-state index contributed by atoms with van der Waals surface area (Å²) in [7, 11) is 0. The van der Waals surface area contributed by atoms with Gasteiger partial charge in [-0.2, -0.15) is 0 Å². The molecule has 1 aromatic heterocycles. The van der Waals surface area contributed by atoms with Crippen LogP contribution in [-0.4, -0.2) is 17.1 Å². The van der Waals surface area contributed by atoms with Gasteiger partial charge in [-0.25, -0.2) is 0 Å². The highest BCUT2D eigenvalue weighted by Gasteiger charge is 2.20. The van der Waals surface area contributed by atoms with E-state index in [0.717, 1.165) is 40.9 Å². The first-order chi connectivity index (χ1) is 13.2. The molecule has 0 radical (unpaired) electrons. The first-order valence-electron chi connectivity index (χ1n) is 9.53. The van der Waals surface area contributed by atoms with Crippen LogP contribution in [0.5, 0.6) is 0 Å². The number of benzene rings is 2. The van der Waals surface area contributed by atoms with Gasteiger partial charge in [-0.3, -0.25) is 4.79 Å². The predicted octanol–water partition coefficient (Wildman–Crippen LogP) is 4.69. The number of pyridine rings is 1. The zero-order valence-electron chi connectivity index (χ0n) is 15.2. The van der Waals surface area contributed by atoms with Gasteiger partial charge in [-0.05, 0) is 73.0 Å². The van der Waals surface area contributed by atoms with Crippen LogP contribution in [0.1, 0.15) is 31.2 Å². The van der Waals surface area contributed by atoms with Crippen LogP contribution in [0.15, 0.2) is 59.5 Å². The molecule has 0 spiro atoms. The molecule has 5 heteroatoms. The molecule has 4 nitrogen and oxygen atoms in total. The highest BCUT2D eigenvalue weighted by Crippen LogP contribution is 2.24. The molecule has 1 fully saturated rings. The number of fused-ring (bicyclic) bond motifs is 1. The van der Waals surface area contributed by atoms with Gasteiger partial charge in [0.05, 0.1) is 0 Å². The molecule has 0 amide bonds. The molecule has 140 valence electrons. The lowest BCUT2D eigenvalue weighted by molar-refractivity contribution is 0.353. The zero-order valence-corrected chi connectivity index (χ0v) is 15.9. The fourth-order valence-electron chi connectivity index (χ4n) is 3.82. The summed E-state index contributed by atoms with van der Waals surface area (Å²) in [4.78, 5) is 14.5. The van der Waals surface area contributed by atoms with E-state index in [1.807, 2.05) is 30.3 Å². The van der Waals surface area contributed by atoms with Crippen molar-refractivity contribution >= 4 is 28.1 Å². The van der Waals surface area contributed by atoms with Gasteiger partial charge in [0, 0.05) is 40.9 Å². The van der Waals surface area contributed by atoms with Crippen molar-refractivity contribution in [1.29, 1.82) is 0 Å². The molecule has 0 aliphatic heterocycles. The lowest BCUT2D eigenvalue weighted by Crippen LogP contribution is -2.36. The van der Waals surface area contributed by atoms with Gasteiger partial charge in [0.25, 0.3) is 5.56 Å². The van der Waals surface area contributed by atoms with Crippen LogP contribution in [0, 0.1) is 0 Å². The summed E-state index contributed by atoms with van der Waals surface area (Å²) in [6.45, 7) is 0.888. The van der Waals surface area contributed by atoms with Gasteiger partial charge in [-0.15, -0.1) is 0 Å². The molecule has 27 heavy (non-hydrogen) atoms. The predicted molar refractivity (Wildman–Crippen MR) is 113 cm³/mol. The number of halogens is 1. The molecule has 4 rings (SSSR count). The number of aromatic amines is 1. The molecule has 1 heterocycles. The molecule has 3 N–H and O–H groups in total. The van der Waals surface area contributed by atoms with E-state index in [4.69, 9.17) is 11.6 Å². The van der Waals surface area contributed by atoms with E-state index in [1.54, 1.807) is 6.20 Å². The standard InChI is InChI=1S/C22H24ClN3O/c23-17-3-1-15(2-4-17)14-25-18-5-7-19(8-6-18)26-20-9-10-21-16(13-20)11-12-24-22(21)27/h1-4,9-13,18-19,25-26H,5-8,14H2,(H,24,27). The summed E-state index contributed by atoms with van der Waals surface area (Å²) in [5.41, 5.74) is 2.32. The number of aromatic nitrogens is 1. The Bertz CT molecular complexity index is 959. The summed E-state index contributed by atoms with van der Waals surface area (Å²) in [5, 5.41) is 9.79. The second-order valence-electron chi connectivity index (χ2n) is 7.31. The third-order valence-electron chi connectivity index (χ3n) is 5.38. The van der Waals surface area contributed by atoms with Gasteiger partial charge in [0.15, 0.2) is 0 Å². The molecule has 0 bridgehead atoms. The van der Waals surface area contributed by atoms with Crippen molar-refractivity contribution in [2.45, 2.75) is 44.3 Å². The lowest BCUT2D eigenvalue weighted by atomic mass is 9.90. The Hall–Kier alpha value is -2.30. The number of rotatable bonds is 5. The van der Waals surface area contributed by atoms with Crippen LogP contribution in [-0.2, 0) is 6.54 Å².